The van der Waals surface area contributed by atoms with Crippen LogP contribution >= 0.6 is 12.2 Å². The molecular formula is C24H20N6O4S. The first-order chi connectivity index (χ1) is 17.2. The fourth-order valence-electron chi connectivity index (χ4n) is 3.49. The summed E-state index contributed by atoms with van der Waals surface area (Å²) in [6.45, 7) is 0. The average Bonchev–Trinajstić information content (AvgIpc) is 3.55. The number of H-pyrrole nitrogens is 1. The van der Waals surface area contributed by atoms with Crippen molar-refractivity contribution in [3.63, 3.8) is 0 Å². The molecule has 0 saturated heterocycles. The highest BCUT2D eigenvalue weighted by atomic mass is 32.2. The maximum Gasteiger partial charge on any atom is 0.321 e. The number of hydrogen-bond acceptors (Lipinski definition) is 8. The number of aliphatic carboxylic acids is 1. The lowest BCUT2D eigenvalue weighted by molar-refractivity contribution is -0.139. The van der Waals surface area contributed by atoms with Gasteiger partial charge in [0.1, 0.15) is 18.3 Å². The van der Waals surface area contributed by atoms with Gasteiger partial charge in [-0.3, -0.25) is 4.79 Å². The number of benzene rings is 3. The van der Waals surface area contributed by atoms with Gasteiger partial charge in [-0.2, -0.15) is 0 Å². The van der Waals surface area contributed by atoms with Crippen molar-refractivity contribution >= 4 is 29.1 Å². The molecule has 10 nitrogen and oxygen atoms in total. The number of hydrogen-bond donors (Lipinski definition) is 3. The zero-order valence-corrected chi connectivity index (χ0v) is 19.1. The van der Waals surface area contributed by atoms with Gasteiger partial charge in [-0.05, 0) is 53.2 Å². The van der Waals surface area contributed by atoms with Crippen molar-refractivity contribution < 1.29 is 19.1 Å². The summed E-state index contributed by atoms with van der Waals surface area (Å²) in [7, 11) is 0. The summed E-state index contributed by atoms with van der Waals surface area (Å²) < 4.78 is 7.87. The van der Waals surface area contributed by atoms with E-state index >= 15 is 0 Å². The molecule has 2 aromatic heterocycles. The second-order valence-electron chi connectivity index (χ2n) is 7.57. The smallest absolute Gasteiger partial charge is 0.321 e. The number of carboxylic acid groups (broad SMARTS) is 1. The van der Waals surface area contributed by atoms with E-state index in [9.17, 15) is 9.90 Å². The first-order valence-electron chi connectivity index (χ1n) is 10.7. The molecular weight excluding hydrogens is 468 g/mol. The zero-order valence-electron chi connectivity index (χ0n) is 18.2. The molecule has 0 bridgehead atoms. The zero-order chi connectivity index (χ0) is 24.0. The maximum absolute atomic E-state index is 11.7. The molecule has 0 spiro atoms. The highest BCUT2D eigenvalue weighted by molar-refractivity contribution is 7.92. The molecule has 0 unspecified atom stereocenters. The summed E-state index contributed by atoms with van der Waals surface area (Å²) in [4.78, 5) is 21.5. The van der Waals surface area contributed by atoms with Gasteiger partial charge in [0.05, 0.1) is 5.69 Å². The van der Waals surface area contributed by atoms with Gasteiger partial charge in [0.15, 0.2) is 5.75 Å². The fraction of sp³-hybridized carbons (Fsp3) is 0.0833. The van der Waals surface area contributed by atoms with E-state index < -0.39 is 12.0 Å². The SMILES string of the molecule is O=C(O)[C@@H](Cc1c[nH]c2ccccc12)NSOOc1ccc(-c2nnn(-c3ccccc3)n2)cc1. The van der Waals surface area contributed by atoms with E-state index in [1.54, 1.807) is 24.3 Å². The van der Waals surface area contributed by atoms with Crippen LogP contribution in [0.25, 0.3) is 28.0 Å². The monoisotopic (exact) mass is 488 g/mol. The van der Waals surface area contributed by atoms with Crippen LogP contribution in [-0.4, -0.2) is 42.3 Å². The van der Waals surface area contributed by atoms with E-state index in [0.29, 0.717) is 23.8 Å². The van der Waals surface area contributed by atoms with Crippen molar-refractivity contribution in [1.82, 2.24) is 29.9 Å². The third-order valence-electron chi connectivity index (χ3n) is 5.26. The molecule has 0 radical (unpaired) electrons. The molecule has 35 heavy (non-hydrogen) atoms. The third-order valence-corrected chi connectivity index (χ3v) is 5.78. The van der Waals surface area contributed by atoms with Crippen molar-refractivity contribution in [2.24, 2.45) is 0 Å². The molecule has 0 amide bonds. The minimum Gasteiger partial charge on any atom is -0.480 e. The Morgan fingerprint density at radius 2 is 1.83 bits per heavy atom. The summed E-state index contributed by atoms with van der Waals surface area (Å²) in [5.41, 5.74) is 3.43. The van der Waals surface area contributed by atoms with Crippen LogP contribution in [0.2, 0.25) is 0 Å². The molecule has 3 N–H and O–H groups in total. The average molecular weight is 489 g/mol. The van der Waals surface area contributed by atoms with E-state index in [1.165, 1.54) is 4.80 Å². The first kappa shape index (κ1) is 22.6. The Morgan fingerprint density at radius 1 is 1.06 bits per heavy atom. The third kappa shape index (κ3) is 5.32. The molecule has 0 fully saturated rings. The number of para-hydroxylation sites is 2. The minimum atomic E-state index is -0.994. The normalized spacial score (nSPS) is 12.0. The molecule has 0 aliphatic carbocycles. The number of carboxylic acids is 1. The number of nitrogens with one attached hydrogen (secondary N) is 2. The molecule has 0 aliphatic rings. The Bertz CT molecular complexity index is 1420. The van der Waals surface area contributed by atoms with Crippen molar-refractivity contribution in [2.45, 2.75) is 12.5 Å². The Kier molecular flexibility index (Phi) is 6.70. The van der Waals surface area contributed by atoms with Crippen LogP contribution in [0.3, 0.4) is 0 Å². The second kappa shape index (κ2) is 10.4. The van der Waals surface area contributed by atoms with Crippen molar-refractivity contribution in [1.29, 1.82) is 0 Å². The highest BCUT2D eigenvalue weighted by Crippen LogP contribution is 2.22. The van der Waals surface area contributed by atoms with Crippen LogP contribution in [0.15, 0.2) is 85.1 Å². The molecule has 3 aromatic carbocycles. The summed E-state index contributed by atoms with van der Waals surface area (Å²) in [5, 5.41) is 23.1. The number of nitrogens with zero attached hydrogens (tertiary/aromatic N) is 4. The van der Waals surface area contributed by atoms with Crippen molar-refractivity contribution in [2.75, 3.05) is 0 Å². The molecule has 176 valence electrons. The molecule has 1 atom stereocenters. The lowest BCUT2D eigenvalue weighted by Crippen LogP contribution is -2.34. The van der Waals surface area contributed by atoms with E-state index in [1.807, 2.05) is 60.8 Å². The highest BCUT2D eigenvalue weighted by Gasteiger charge is 2.20. The topological polar surface area (TPSA) is 127 Å². The predicted molar refractivity (Wildman–Crippen MR) is 130 cm³/mol. The number of rotatable bonds is 10. The van der Waals surface area contributed by atoms with Gasteiger partial charge in [0, 0.05) is 29.1 Å². The number of tetrazole rings is 1. The summed E-state index contributed by atoms with van der Waals surface area (Å²) >= 11 is 0.712. The number of fused-ring (bicyclic) bond motifs is 1. The van der Waals surface area contributed by atoms with Crippen LogP contribution in [-0.2, 0) is 15.5 Å². The number of aromatic amines is 1. The summed E-state index contributed by atoms with van der Waals surface area (Å²) in [5.74, 6) is -0.0901. The number of aromatic nitrogens is 5. The van der Waals surface area contributed by atoms with Gasteiger partial charge < -0.3 is 15.0 Å². The summed E-state index contributed by atoms with van der Waals surface area (Å²) in [6.07, 6.45) is 2.10. The van der Waals surface area contributed by atoms with Gasteiger partial charge in [-0.15, -0.1) is 15.0 Å². The molecule has 2 heterocycles. The molecule has 11 heteroatoms. The Morgan fingerprint density at radius 3 is 2.63 bits per heavy atom. The lowest BCUT2D eigenvalue weighted by Gasteiger charge is -2.12. The molecule has 0 saturated carbocycles. The van der Waals surface area contributed by atoms with Crippen LogP contribution in [0.5, 0.6) is 5.75 Å². The summed E-state index contributed by atoms with van der Waals surface area (Å²) in [6, 6.07) is 23.3. The van der Waals surface area contributed by atoms with E-state index in [4.69, 9.17) is 9.22 Å². The first-order valence-corrected chi connectivity index (χ1v) is 11.4. The number of carbonyl (C=O) groups is 1. The molecule has 5 rings (SSSR count). The maximum atomic E-state index is 11.7. The van der Waals surface area contributed by atoms with Gasteiger partial charge in [-0.25, -0.2) is 4.72 Å². The quantitative estimate of drug-likeness (QED) is 0.0879. The van der Waals surface area contributed by atoms with E-state index in [2.05, 4.69) is 25.1 Å². The van der Waals surface area contributed by atoms with E-state index in [0.717, 1.165) is 27.7 Å². The van der Waals surface area contributed by atoms with Crippen molar-refractivity contribution in [3.05, 3.63) is 90.6 Å². The van der Waals surface area contributed by atoms with Gasteiger partial charge >= 0.3 is 5.97 Å². The van der Waals surface area contributed by atoms with Crippen LogP contribution < -0.4 is 9.61 Å². The lowest BCUT2D eigenvalue weighted by atomic mass is 10.1. The Balaban J connectivity index is 1.14. The van der Waals surface area contributed by atoms with Crippen molar-refractivity contribution in [3.8, 4) is 22.8 Å². The van der Waals surface area contributed by atoms with Gasteiger partial charge in [0.25, 0.3) is 0 Å². The fourth-order valence-corrected chi connectivity index (χ4v) is 3.95. The minimum absolute atomic E-state index is 0.279. The van der Waals surface area contributed by atoms with Crippen LogP contribution in [0, 0.1) is 0 Å². The van der Waals surface area contributed by atoms with Gasteiger partial charge in [-0.1, -0.05) is 40.7 Å². The predicted octanol–water partition coefficient (Wildman–Crippen LogP) is 3.97. The molecule has 0 aliphatic heterocycles. The second-order valence-corrected chi connectivity index (χ2v) is 8.11. The Hall–Kier alpha value is -4.19. The Labute approximate surface area is 204 Å². The van der Waals surface area contributed by atoms with Gasteiger partial charge in [0.2, 0.25) is 5.82 Å². The standard InChI is InChI=1S/C24H20N6O4S/c31-24(32)22(14-17-15-25-21-9-5-4-8-20(17)21)28-35-34-33-19-12-10-16(11-13-19)23-26-29-30(27-23)18-6-2-1-3-7-18/h1-13,15,22,25,28H,14H2,(H,31,32)/t22-/m1/s1. The van der Waals surface area contributed by atoms with E-state index in [-0.39, 0.29) is 6.42 Å². The molecule has 5 aromatic rings. The van der Waals surface area contributed by atoms with Crippen LogP contribution in [0.1, 0.15) is 5.56 Å². The van der Waals surface area contributed by atoms with Crippen LogP contribution in [0.4, 0.5) is 0 Å². The largest absolute Gasteiger partial charge is 0.480 e.